The predicted molar refractivity (Wildman–Crippen MR) is 120 cm³/mol. The molecule has 2 aromatic rings. The van der Waals surface area contributed by atoms with E-state index in [9.17, 15) is 18.3 Å². The molecule has 1 amide bonds. The first-order valence-corrected chi connectivity index (χ1v) is 12.2. The van der Waals surface area contributed by atoms with Crippen LogP contribution in [0.1, 0.15) is 23.1 Å². The number of carbonyl (C=O) groups is 1. The van der Waals surface area contributed by atoms with Gasteiger partial charge in [0, 0.05) is 13.1 Å². The van der Waals surface area contributed by atoms with Gasteiger partial charge >= 0.3 is 0 Å². The van der Waals surface area contributed by atoms with Gasteiger partial charge < -0.3 is 14.7 Å². The lowest BCUT2D eigenvalue weighted by molar-refractivity contribution is -0.136. The monoisotopic (exact) mass is 456 g/mol. The number of aliphatic hydroxyl groups excluding tert-OH is 1. The number of carbonyl (C=O) groups excluding carboxylic acids is 1. The second-order valence-corrected chi connectivity index (χ2v) is 9.99. The van der Waals surface area contributed by atoms with Gasteiger partial charge in [0.2, 0.25) is 15.9 Å². The maximum Gasteiger partial charge on any atom is 0.241 e. The average molecular weight is 457 g/mol. The zero-order chi connectivity index (χ0) is 22.7. The van der Waals surface area contributed by atoms with Gasteiger partial charge in [0.05, 0.1) is 30.1 Å². The number of hydrogen-bond acceptors (Lipinski definition) is 5. The average Bonchev–Trinajstić information content (AvgIpc) is 2.79. The van der Waals surface area contributed by atoms with Crippen molar-refractivity contribution in [2.45, 2.75) is 49.5 Å². The summed E-state index contributed by atoms with van der Waals surface area (Å²) in [5.41, 5.74) is 3.39. The number of ether oxygens (including phenoxy) is 1. The number of nitrogens with one attached hydrogen (secondary N) is 1. The molecule has 7 nitrogen and oxygen atoms in total. The predicted octanol–water partition coefficient (Wildman–Crippen LogP) is 1.93. The Morgan fingerprint density at radius 3 is 2.56 bits per heavy atom. The highest BCUT2D eigenvalue weighted by Crippen LogP contribution is 2.22. The first kappa shape index (κ1) is 22.7. The van der Waals surface area contributed by atoms with Gasteiger partial charge in [0.1, 0.15) is 6.10 Å². The molecule has 0 saturated heterocycles. The first-order chi connectivity index (χ1) is 15.4. The molecule has 2 N–H and O–H groups in total. The summed E-state index contributed by atoms with van der Waals surface area (Å²) in [7, 11) is -3.77. The van der Waals surface area contributed by atoms with E-state index in [1.165, 1.54) is 17.7 Å². The van der Waals surface area contributed by atoms with Crippen LogP contribution >= 0.6 is 0 Å². The molecule has 0 unspecified atom stereocenters. The molecule has 0 spiro atoms. The van der Waals surface area contributed by atoms with Crippen molar-refractivity contribution >= 4 is 15.9 Å². The molecule has 0 bridgehead atoms. The summed E-state index contributed by atoms with van der Waals surface area (Å²) in [4.78, 5) is 14.8. The zero-order valence-corrected chi connectivity index (χ0v) is 18.8. The van der Waals surface area contributed by atoms with Crippen molar-refractivity contribution in [3.8, 4) is 0 Å². The summed E-state index contributed by atoms with van der Waals surface area (Å²) in [5, 5.41) is 9.79. The molecule has 0 radical (unpaired) electrons. The molecule has 0 fully saturated rings. The Labute approximate surface area is 188 Å². The second kappa shape index (κ2) is 9.54. The van der Waals surface area contributed by atoms with Crippen molar-refractivity contribution in [2.24, 2.45) is 0 Å². The van der Waals surface area contributed by atoms with Gasteiger partial charge in [-0.2, -0.15) is 0 Å². The largest absolute Gasteiger partial charge is 0.394 e. The lowest BCUT2D eigenvalue weighted by Gasteiger charge is -2.33. The molecular formula is C24H28N2O5S. The summed E-state index contributed by atoms with van der Waals surface area (Å²) in [5.74, 6) is -0.0236. The van der Waals surface area contributed by atoms with E-state index in [-0.39, 0.29) is 23.8 Å². The lowest BCUT2D eigenvalue weighted by atomic mass is 9.99. The van der Waals surface area contributed by atoms with E-state index in [2.05, 4.69) is 10.8 Å². The summed E-state index contributed by atoms with van der Waals surface area (Å²) >= 11 is 0. The van der Waals surface area contributed by atoms with Gasteiger partial charge in [-0.3, -0.25) is 4.79 Å². The Morgan fingerprint density at radius 1 is 1.12 bits per heavy atom. The van der Waals surface area contributed by atoms with Crippen LogP contribution in [0.15, 0.2) is 65.6 Å². The normalized spacial score (nSPS) is 23.1. The molecule has 3 atom stereocenters. The van der Waals surface area contributed by atoms with Gasteiger partial charge in [-0.15, -0.1) is 0 Å². The van der Waals surface area contributed by atoms with Crippen molar-refractivity contribution in [3.05, 3.63) is 77.4 Å². The van der Waals surface area contributed by atoms with E-state index in [0.29, 0.717) is 13.1 Å². The molecule has 170 valence electrons. The fraction of sp³-hybridized carbons (Fsp3) is 0.375. The van der Waals surface area contributed by atoms with E-state index < -0.39 is 28.3 Å². The Bertz CT molecular complexity index is 1100. The number of aliphatic hydroxyl groups is 1. The maximum absolute atomic E-state index is 12.8. The Hall–Kier alpha value is -2.52. The van der Waals surface area contributed by atoms with Gasteiger partial charge in [-0.1, -0.05) is 54.1 Å². The minimum absolute atomic E-state index is 0.0236. The van der Waals surface area contributed by atoms with Gasteiger partial charge in [0.15, 0.2) is 0 Å². The van der Waals surface area contributed by atoms with Crippen LogP contribution in [0.4, 0.5) is 0 Å². The van der Waals surface area contributed by atoms with Crippen molar-refractivity contribution in [3.63, 3.8) is 0 Å². The molecular weight excluding hydrogens is 428 g/mol. The molecule has 0 aliphatic carbocycles. The first-order valence-electron chi connectivity index (χ1n) is 10.7. The highest BCUT2D eigenvalue weighted by molar-refractivity contribution is 7.89. The molecule has 2 heterocycles. The van der Waals surface area contributed by atoms with Crippen LogP contribution < -0.4 is 4.72 Å². The highest BCUT2D eigenvalue weighted by Gasteiger charge is 2.32. The Kier molecular flexibility index (Phi) is 6.76. The van der Waals surface area contributed by atoms with E-state index >= 15 is 0 Å². The topological polar surface area (TPSA) is 95.9 Å². The van der Waals surface area contributed by atoms with E-state index in [1.54, 1.807) is 24.3 Å². The number of hydrogen-bond donors (Lipinski definition) is 2. The molecule has 2 aliphatic heterocycles. The summed E-state index contributed by atoms with van der Waals surface area (Å²) < 4.78 is 33.8. The molecule has 32 heavy (non-hydrogen) atoms. The van der Waals surface area contributed by atoms with Crippen molar-refractivity contribution in [1.29, 1.82) is 0 Å². The quantitative estimate of drug-likeness (QED) is 0.648. The molecule has 2 aromatic carbocycles. The number of aryl methyl sites for hydroxylation is 1. The molecule has 0 saturated carbocycles. The van der Waals surface area contributed by atoms with Crippen LogP contribution in [0.2, 0.25) is 0 Å². The highest BCUT2D eigenvalue weighted by atomic mass is 32.2. The standard InChI is InChI=1S/C24H28N2O5S/c1-17-6-9-21(10-7-17)32(29,30)25-22-11-8-20(31-23(22)16-27)14-24(28)26-13-12-18-4-2-3-5-19(18)15-26/h2-11,20,22-23,25,27H,12-16H2,1H3/t20-,22+,23+/m1/s1. The van der Waals surface area contributed by atoms with E-state index in [1.807, 2.05) is 30.0 Å². The number of fused-ring (bicyclic) bond motifs is 1. The smallest absolute Gasteiger partial charge is 0.241 e. The minimum atomic E-state index is -3.77. The minimum Gasteiger partial charge on any atom is -0.394 e. The molecule has 2 aliphatic rings. The third-order valence-electron chi connectivity index (χ3n) is 5.94. The van der Waals surface area contributed by atoms with Crippen LogP contribution in [0.25, 0.3) is 0 Å². The Balaban J connectivity index is 1.39. The number of nitrogens with zero attached hydrogens (tertiary/aromatic N) is 1. The number of rotatable bonds is 6. The van der Waals surface area contributed by atoms with Crippen LogP contribution in [0, 0.1) is 6.92 Å². The SMILES string of the molecule is Cc1ccc(S(=O)(=O)N[C@H]2C=C[C@H](CC(=O)N3CCc4ccccc4C3)O[C@H]2CO)cc1. The molecule has 4 rings (SSSR count). The fourth-order valence-corrected chi connectivity index (χ4v) is 5.30. The van der Waals surface area contributed by atoms with Crippen molar-refractivity contribution in [2.75, 3.05) is 13.2 Å². The second-order valence-electron chi connectivity index (χ2n) is 8.28. The van der Waals surface area contributed by atoms with Gasteiger partial charge in [0.25, 0.3) is 0 Å². The zero-order valence-electron chi connectivity index (χ0n) is 18.0. The lowest BCUT2D eigenvalue weighted by Crippen LogP contribution is -2.49. The third-order valence-corrected chi connectivity index (χ3v) is 7.42. The number of benzene rings is 2. The number of amides is 1. The molecule has 0 aromatic heterocycles. The van der Waals surface area contributed by atoms with Crippen molar-refractivity contribution in [1.82, 2.24) is 9.62 Å². The molecule has 8 heteroatoms. The Morgan fingerprint density at radius 2 is 1.84 bits per heavy atom. The van der Waals surface area contributed by atoms with Crippen LogP contribution in [0.3, 0.4) is 0 Å². The van der Waals surface area contributed by atoms with Gasteiger partial charge in [-0.05, 0) is 36.6 Å². The summed E-state index contributed by atoms with van der Waals surface area (Å²) in [6.07, 6.45) is 3.04. The van der Waals surface area contributed by atoms with Gasteiger partial charge in [-0.25, -0.2) is 13.1 Å². The van der Waals surface area contributed by atoms with Crippen molar-refractivity contribution < 1.29 is 23.1 Å². The van der Waals surface area contributed by atoms with E-state index in [4.69, 9.17) is 4.74 Å². The maximum atomic E-state index is 12.8. The van der Waals surface area contributed by atoms with Crippen LogP contribution in [0.5, 0.6) is 0 Å². The summed E-state index contributed by atoms with van der Waals surface area (Å²) in [6.45, 7) is 2.75. The van der Waals surface area contributed by atoms with E-state index in [0.717, 1.165) is 17.5 Å². The third kappa shape index (κ3) is 5.10. The van der Waals surface area contributed by atoms with Crippen LogP contribution in [-0.4, -0.2) is 55.7 Å². The number of sulfonamides is 1. The summed E-state index contributed by atoms with van der Waals surface area (Å²) in [6, 6.07) is 13.9. The van der Waals surface area contributed by atoms with Crippen LogP contribution in [-0.2, 0) is 32.5 Å². The fourth-order valence-electron chi connectivity index (χ4n) is 4.08.